The molecule has 1 unspecified atom stereocenters. The van der Waals surface area contributed by atoms with Gasteiger partial charge in [0.1, 0.15) is 0 Å². The molecule has 194 valence electrons. The van der Waals surface area contributed by atoms with Gasteiger partial charge in [0, 0.05) is 40.7 Å². The molecule has 1 atom stereocenters. The molecule has 0 saturated heterocycles. The predicted molar refractivity (Wildman–Crippen MR) is 119 cm³/mol. The lowest BCUT2D eigenvalue weighted by Gasteiger charge is -2.29. The van der Waals surface area contributed by atoms with E-state index < -0.39 is 42.7 Å². The molecule has 2 amide bonds. The van der Waals surface area contributed by atoms with Crippen LogP contribution in [0.2, 0.25) is 10.0 Å². The molecule has 0 aliphatic carbocycles. The summed E-state index contributed by atoms with van der Waals surface area (Å²) in [5.74, 6) is -2.78. The monoisotopic (exact) mass is 555 g/mol. The van der Waals surface area contributed by atoms with E-state index in [9.17, 15) is 35.9 Å². The van der Waals surface area contributed by atoms with Gasteiger partial charge in [0.2, 0.25) is 0 Å². The first-order valence-electron chi connectivity index (χ1n) is 10.2. The summed E-state index contributed by atoms with van der Waals surface area (Å²) in [4.78, 5) is 28.1. The average Bonchev–Trinajstić information content (AvgIpc) is 3.22. The first-order chi connectivity index (χ1) is 16.6. The van der Waals surface area contributed by atoms with Crippen LogP contribution in [0.15, 0.2) is 41.6 Å². The molecule has 2 aromatic rings. The third-order valence-corrected chi connectivity index (χ3v) is 5.71. The van der Waals surface area contributed by atoms with Crippen molar-refractivity contribution in [2.24, 2.45) is 5.16 Å². The molecule has 2 N–H and O–H groups in total. The van der Waals surface area contributed by atoms with E-state index in [1.807, 2.05) is 0 Å². The van der Waals surface area contributed by atoms with Crippen LogP contribution in [-0.4, -0.2) is 43.0 Å². The van der Waals surface area contributed by atoms with E-state index in [-0.39, 0.29) is 39.0 Å². The molecule has 1 aliphatic rings. The molecule has 36 heavy (non-hydrogen) atoms. The number of rotatable bonds is 6. The van der Waals surface area contributed by atoms with Crippen LogP contribution in [0.4, 0.5) is 26.3 Å². The maximum absolute atomic E-state index is 14.1. The molecule has 6 nitrogen and oxygen atoms in total. The Kier molecular flexibility index (Phi) is 7.80. The van der Waals surface area contributed by atoms with Crippen molar-refractivity contribution in [1.82, 2.24) is 10.6 Å². The molecule has 0 fully saturated rings. The zero-order chi connectivity index (χ0) is 26.9. The number of amides is 2. The second-order valence-corrected chi connectivity index (χ2v) is 8.70. The summed E-state index contributed by atoms with van der Waals surface area (Å²) in [6.07, 6.45) is -10.6. The van der Waals surface area contributed by atoms with Gasteiger partial charge < -0.3 is 15.5 Å². The number of hydrogen-bond donors (Lipinski definition) is 2. The second-order valence-electron chi connectivity index (χ2n) is 7.83. The Balaban J connectivity index is 1.73. The van der Waals surface area contributed by atoms with Crippen LogP contribution in [0.25, 0.3) is 0 Å². The number of nitrogens with one attached hydrogen (secondary N) is 2. The summed E-state index contributed by atoms with van der Waals surface area (Å²) in [6.45, 7) is 0.787. The Labute approximate surface area is 210 Å². The van der Waals surface area contributed by atoms with E-state index in [1.165, 1.54) is 31.2 Å². The Morgan fingerprint density at radius 1 is 1.00 bits per heavy atom. The topological polar surface area (TPSA) is 79.8 Å². The van der Waals surface area contributed by atoms with Crippen molar-refractivity contribution in [3.05, 3.63) is 68.7 Å². The molecule has 0 aromatic heterocycles. The quantitative estimate of drug-likeness (QED) is 0.375. The first kappa shape index (κ1) is 27.6. The van der Waals surface area contributed by atoms with Crippen molar-refractivity contribution in [1.29, 1.82) is 0 Å². The molecule has 0 spiro atoms. The third kappa shape index (κ3) is 5.86. The number of benzene rings is 2. The van der Waals surface area contributed by atoms with Gasteiger partial charge in [0.05, 0.1) is 5.71 Å². The largest absolute Gasteiger partial charge is 0.471 e. The number of aryl methyl sites for hydroxylation is 1. The molecular formula is C22H17Cl2F6N3O3. The lowest BCUT2D eigenvalue weighted by atomic mass is 9.86. The van der Waals surface area contributed by atoms with Crippen LogP contribution in [0, 0.1) is 6.92 Å². The molecule has 0 radical (unpaired) electrons. The van der Waals surface area contributed by atoms with Gasteiger partial charge in [-0.3, -0.25) is 9.59 Å². The smallest absolute Gasteiger partial charge is 0.374 e. The molecular weight excluding hydrogens is 539 g/mol. The molecule has 1 aliphatic heterocycles. The van der Waals surface area contributed by atoms with Crippen LogP contribution in [0.5, 0.6) is 0 Å². The van der Waals surface area contributed by atoms with Gasteiger partial charge in [-0.15, -0.1) is 0 Å². The van der Waals surface area contributed by atoms with Gasteiger partial charge in [-0.1, -0.05) is 34.4 Å². The highest BCUT2D eigenvalue weighted by molar-refractivity contribution is 6.34. The number of halogens is 8. The number of oxime groups is 1. The molecule has 2 aromatic carbocycles. The van der Waals surface area contributed by atoms with E-state index in [4.69, 9.17) is 28.0 Å². The summed E-state index contributed by atoms with van der Waals surface area (Å²) in [6, 6.07) is 7.60. The molecule has 14 heteroatoms. The van der Waals surface area contributed by atoms with Crippen LogP contribution < -0.4 is 10.6 Å². The van der Waals surface area contributed by atoms with Crippen molar-refractivity contribution >= 4 is 40.7 Å². The Morgan fingerprint density at radius 2 is 1.61 bits per heavy atom. The van der Waals surface area contributed by atoms with Crippen molar-refractivity contribution in [2.75, 3.05) is 13.1 Å². The van der Waals surface area contributed by atoms with E-state index in [0.29, 0.717) is 5.56 Å². The van der Waals surface area contributed by atoms with Gasteiger partial charge in [0.15, 0.2) is 0 Å². The Bertz CT molecular complexity index is 1200. The summed E-state index contributed by atoms with van der Waals surface area (Å²) in [5.41, 5.74) is -2.42. The Morgan fingerprint density at radius 3 is 2.17 bits per heavy atom. The minimum Gasteiger partial charge on any atom is -0.374 e. The summed E-state index contributed by atoms with van der Waals surface area (Å²) < 4.78 is 78.9. The van der Waals surface area contributed by atoms with Crippen LogP contribution in [-0.2, 0) is 15.2 Å². The first-order valence-corrected chi connectivity index (χ1v) is 10.9. The predicted octanol–water partition coefficient (Wildman–Crippen LogP) is 5.29. The molecule has 3 rings (SSSR count). The lowest BCUT2D eigenvalue weighted by Crippen LogP contribution is -2.42. The average molecular weight is 556 g/mol. The van der Waals surface area contributed by atoms with Gasteiger partial charge in [-0.25, -0.2) is 0 Å². The number of carbonyl (C=O) groups excluding carboxylic acids is 2. The van der Waals surface area contributed by atoms with E-state index in [2.05, 4.69) is 10.5 Å². The third-order valence-electron chi connectivity index (χ3n) is 5.27. The van der Waals surface area contributed by atoms with Crippen molar-refractivity contribution in [3.8, 4) is 0 Å². The van der Waals surface area contributed by atoms with Crippen molar-refractivity contribution in [3.63, 3.8) is 0 Å². The number of carbonyl (C=O) groups is 2. The Hall–Kier alpha value is -2.99. The minimum atomic E-state index is -5.04. The highest BCUT2D eigenvalue weighted by Crippen LogP contribution is 2.49. The number of alkyl halides is 6. The van der Waals surface area contributed by atoms with Gasteiger partial charge >= 0.3 is 18.3 Å². The van der Waals surface area contributed by atoms with E-state index in [0.717, 1.165) is 12.1 Å². The maximum atomic E-state index is 14.1. The summed E-state index contributed by atoms with van der Waals surface area (Å²) >= 11 is 11.8. The van der Waals surface area contributed by atoms with Crippen LogP contribution in [0.1, 0.15) is 33.5 Å². The highest BCUT2D eigenvalue weighted by Gasteiger charge is 2.62. The molecule has 0 saturated carbocycles. The fraction of sp³-hybridized carbons (Fsp3) is 0.318. The fourth-order valence-corrected chi connectivity index (χ4v) is 4.02. The normalized spacial score (nSPS) is 17.9. The zero-order valence-electron chi connectivity index (χ0n) is 18.3. The zero-order valence-corrected chi connectivity index (χ0v) is 19.8. The maximum Gasteiger partial charge on any atom is 0.471 e. The SMILES string of the molecule is Cc1cc(C2=NOC(c3cc(Cl)cc(Cl)c3)(C(F)(F)F)C2)ccc1C(=O)NCCNC(=O)C(F)(F)F. The lowest BCUT2D eigenvalue weighted by molar-refractivity contribution is -0.275. The summed E-state index contributed by atoms with van der Waals surface area (Å²) in [5, 5.41) is 7.59. The van der Waals surface area contributed by atoms with Gasteiger partial charge in [-0.2, -0.15) is 26.3 Å². The second kappa shape index (κ2) is 10.2. The summed E-state index contributed by atoms with van der Waals surface area (Å²) in [7, 11) is 0. The van der Waals surface area contributed by atoms with Gasteiger partial charge in [0.25, 0.3) is 11.5 Å². The molecule has 1 heterocycles. The highest BCUT2D eigenvalue weighted by atomic mass is 35.5. The molecule has 0 bridgehead atoms. The minimum absolute atomic E-state index is 0.0117. The van der Waals surface area contributed by atoms with Gasteiger partial charge in [-0.05, 0) is 48.4 Å². The van der Waals surface area contributed by atoms with E-state index >= 15 is 0 Å². The fourth-order valence-electron chi connectivity index (χ4n) is 3.49. The standard InChI is InChI=1S/C22H17Cl2F6N3O3/c1-11-6-12(2-3-16(11)18(34)31-4-5-32-19(35)21(25,26)27)17-10-20(36-33-17,22(28,29)30)13-7-14(23)9-15(24)8-13/h2-3,6-9H,4-5,10H2,1H3,(H,31,34)(H,32,35). The van der Waals surface area contributed by atoms with E-state index in [1.54, 1.807) is 5.32 Å². The number of hydrogen-bond acceptors (Lipinski definition) is 4. The number of nitrogens with zero attached hydrogens (tertiary/aromatic N) is 1. The van der Waals surface area contributed by atoms with Crippen molar-refractivity contribution in [2.45, 2.75) is 31.3 Å². The van der Waals surface area contributed by atoms with Crippen LogP contribution >= 0.6 is 23.2 Å². The van der Waals surface area contributed by atoms with Crippen LogP contribution in [0.3, 0.4) is 0 Å². The van der Waals surface area contributed by atoms with Crippen molar-refractivity contribution < 1.29 is 40.8 Å².